The van der Waals surface area contributed by atoms with Crippen LogP contribution in [0.1, 0.15) is 59.0 Å². The first-order chi connectivity index (χ1) is 17.5. The molecular weight excluding hydrogens is 501 g/mol. The summed E-state index contributed by atoms with van der Waals surface area (Å²) in [5.74, 6) is -9.15. The van der Waals surface area contributed by atoms with Crippen molar-refractivity contribution < 1.29 is 36.3 Å². The molecule has 2 aromatic rings. The highest BCUT2D eigenvalue weighted by Gasteiger charge is 2.63. The molecule has 0 spiro atoms. The lowest BCUT2D eigenvalue weighted by atomic mass is 9.94. The first-order valence-corrected chi connectivity index (χ1v) is 12.1. The van der Waals surface area contributed by atoms with Gasteiger partial charge in [0.15, 0.2) is 11.4 Å². The maximum atomic E-state index is 14.4. The second-order valence-electron chi connectivity index (χ2n) is 9.69. The van der Waals surface area contributed by atoms with Crippen molar-refractivity contribution in [2.45, 2.75) is 63.7 Å². The van der Waals surface area contributed by atoms with E-state index in [0.717, 1.165) is 11.1 Å². The smallest absolute Gasteiger partial charge is 0.275 e. The molecule has 7 nitrogen and oxygen atoms in total. The van der Waals surface area contributed by atoms with Crippen LogP contribution in [0.2, 0.25) is 0 Å². The van der Waals surface area contributed by atoms with Crippen LogP contribution in [-0.2, 0) is 13.1 Å². The number of halogens is 5. The van der Waals surface area contributed by atoms with Crippen molar-refractivity contribution in [3.63, 3.8) is 0 Å². The predicted octanol–water partition coefficient (Wildman–Crippen LogP) is 3.63. The number of piperidine rings is 1. The summed E-state index contributed by atoms with van der Waals surface area (Å²) in [5, 5.41) is 2.25. The molecule has 3 aliphatic rings. The van der Waals surface area contributed by atoms with Gasteiger partial charge in [-0.2, -0.15) is 0 Å². The Kier molecular flexibility index (Phi) is 6.23. The van der Waals surface area contributed by atoms with E-state index in [2.05, 4.69) is 5.32 Å². The van der Waals surface area contributed by atoms with Crippen LogP contribution in [0.15, 0.2) is 23.1 Å². The Hall–Kier alpha value is -3.44. The lowest BCUT2D eigenvalue weighted by Crippen LogP contribution is -2.58. The van der Waals surface area contributed by atoms with Crippen molar-refractivity contribution in [1.29, 1.82) is 0 Å². The van der Waals surface area contributed by atoms with Crippen LogP contribution < -0.4 is 15.5 Å². The van der Waals surface area contributed by atoms with Gasteiger partial charge in [-0.1, -0.05) is 13.3 Å². The van der Waals surface area contributed by atoms with Crippen molar-refractivity contribution in [2.75, 3.05) is 6.61 Å². The molecule has 0 radical (unpaired) electrons. The Bertz CT molecular complexity index is 1320. The normalized spacial score (nSPS) is 23.1. The Morgan fingerprint density at radius 2 is 1.89 bits per heavy atom. The van der Waals surface area contributed by atoms with Crippen LogP contribution in [-0.4, -0.2) is 45.9 Å². The number of aromatic nitrogens is 1. The Balaban J connectivity index is 1.50. The Morgan fingerprint density at radius 1 is 1.19 bits per heavy atom. The number of unbranched alkanes of at least 4 members (excludes halogenated alkanes) is 1. The van der Waals surface area contributed by atoms with Gasteiger partial charge in [0.05, 0.1) is 18.7 Å². The number of fused-ring (bicyclic) bond motifs is 6. The van der Waals surface area contributed by atoms with Crippen LogP contribution in [0.5, 0.6) is 5.75 Å². The average molecular weight is 525 g/mol. The summed E-state index contributed by atoms with van der Waals surface area (Å²) in [6, 6.07) is -0.845. The second kappa shape index (κ2) is 9.14. The summed E-state index contributed by atoms with van der Waals surface area (Å²) in [5.41, 5.74) is -2.18. The monoisotopic (exact) mass is 525 g/mol. The molecule has 5 rings (SSSR count). The number of ether oxygens (including phenoxy) is 1. The lowest BCUT2D eigenvalue weighted by molar-refractivity contribution is -0.0870. The number of carbonyl (C=O) groups is 2. The van der Waals surface area contributed by atoms with E-state index in [1.807, 2.05) is 6.92 Å². The van der Waals surface area contributed by atoms with E-state index in [1.165, 1.54) is 4.57 Å². The van der Waals surface area contributed by atoms with Crippen molar-refractivity contribution in [3.05, 3.63) is 62.8 Å². The Labute approximate surface area is 208 Å². The number of nitrogens with zero attached hydrogens (tertiary/aromatic N) is 2. The number of hydrogen-bond donors (Lipinski definition) is 1. The van der Waals surface area contributed by atoms with Gasteiger partial charge in [0.25, 0.3) is 17.7 Å². The summed E-state index contributed by atoms with van der Waals surface area (Å²) in [6.07, 6.45) is 2.19. The molecule has 3 heterocycles. The zero-order valence-electron chi connectivity index (χ0n) is 19.8. The maximum Gasteiger partial charge on any atom is 0.275 e. The summed E-state index contributed by atoms with van der Waals surface area (Å²) in [7, 11) is 0. The molecule has 1 aliphatic carbocycles. The molecule has 3 atom stereocenters. The van der Waals surface area contributed by atoms with E-state index >= 15 is 0 Å². The molecule has 1 aromatic heterocycles. The first kappa shape index (κ1) is 25.2. The minimum absolute atomic E-state index is 0.0503. The number of nitrogens with one attached hydrogen (secondary N) is 1. The van der Waals surface area contributed by atoms with Gasteiger partial charge in [-0.25, -0.2) is 22.0 Å². The van der Waals surface area contributed by atoms with Gasteiger partial charge >= 0.3 is 0 Å². The van der Waals surface area contributed by atoms with Gasteiger partial charge in [0.1, 0.15) is 23.0 Å². The summed E-state index contributed by atoms with van der Waals surface area (Å²) in [4.78, 5) is 40.8. The number of amides is 2. The van der Waals surface area contributed by atoms with Gasteiger partial charge in [-0.3, -0.25) is 14.4 Å². The third-order valence-corrected chi connectivity index (χ3v) is 7.36. The third kappa shape index (κ3) is 4.15. The van der Waals surface area contributed by atoms with Gasteiger partial charge in [0, 0.05) is 43.4 Å². The zero-order valence-corrected chi connectivity index (χ0v) is 19.8. The average Bonchev–Trinajstić information content (AvgIpc) is 3.33. The standard InChI is InChI=1S/C25H24F5N3O4/c1-2-3-4-37-22-20-24(36)33-18(12-5-19(33)25(29,30)8-12)11-32(20)10-15(21(22)34)23(35)31-9-14-16(27)6-13(26)7-17(14)28/h6-7,10,12,18-19H,2-5,8-9,11H2,1H3,(H,31,35)/t12-,18+,19+/m0/s1. The van der Waals surface area contributed by atoms with E-state index in [1.54, 1.807) is 0 Å². The number of alkyl halides is 2. The van der Waals surface area contributed by atoms with Crippen LogP contribution in [0.3, 0.4) is 0 Å². The van der Waals surface area contributed by atoms with Crippen LogP contribution >= 0.6 is 0 Å². The molecule has 2 bridgehead atoms. The van der Waals surface area contributed by atoms with E-state index in [4.69, 9.17) is 4.74 Å². The maximum absolute atomic E-state index is 14.4. The van der Waals surface area contributed by atoms with Crippen molar-refractivity contribution in [1.82, 2.24) is 14.8 Å². The highest BCUT2D eigenvalue weighted by atomic mass is 19.3. The fourth-order valence-electron chi connectivity index (χ4n) is 5.57. The van der Waals surface area contributed by atoms with Crippen molar-refractivity contribution in [2.24, 2.45) is 5.92 Å². The topological polar surface area (TPSA) is 80.6 Å². The number of rotatable bonds is 7. The summed E-state index contributed by atoms with van der Waals surface area (Å²) >= 11 is 0. The molecule has 1 aromatic carbocycles. The Morgan fingerprint density at radius 3 is 2.57 bits per heavy atom. The predicted molar refractivity (Wildman–Crippen MR) is 120 cm³/mol. The molecule has 0 unspecified atom stereocenters. The van der Waals surface area contributed by atoms with Gasteiger partial charge < -0.3 is 19.5 Å². The van der Waals surface area contributed by atoms with E-state index in [9.17, 15) is 36.3 Å². The molecule has 2 amide bonds. The second-order valence-corrected chi connectivity index (χ2v) is 9.69. The SMILES string of the molecule is CCCCOc1c2n(cc(C(=O)NCc3c(F)cc(F)cc3F)c1=O)C[C@@H]1[C@H]3C[C@@H](N1C2=O)C(F)(F)C3. The molecule has 1 N–H and O–H groups in total. The van der Waals surface area contributed by atoms with E-state index < -0.39 is 82.0 Å². The highest BCUT2D eigenvalue weighted by Crippen LogP contribution is 2.53. The number of carbonyl (C=O) groups excluding carboxylic acids is 2. The highest BCUT2D eigenvalue weighted by molar-refractivity contribution is 5.99. The van der Waals surface area contributed by atoms with Crippen molar-refractivity contribution in [3.8, 4) is 5.75 Å². The molecular formula is C25H24F5N3O4. The van der Waals surface area contributed by atoms with Crippen LogP contribution in [0, 0.1) is 23.4 Å². The van der Waals surface area contributed by atoms with Crippen LogP contribution in [0.4, 0.5) is 22.0 Å². The van der Waals surface area contributed by atoms with Gasteiger partial charge in [0.2, 0.25) is 5.43 Å². The summed E-state index contributed by atoms with van der Waals surface area (Å²) < 4.78 is 77.0. The molecule has 1 saturated heterocycles. The molecule has 2 fully saturated rings. The van der Waals surface area contributed by atoms with Crippen LogP contribution in [0.25, 0.3) is 0 Å². The molecule has 2 aliphatic heterocycles. The molecule has 198 valence electrons. The number of benzene rings is 1. The fraction of sp³-hybridized carbons (Fsp3) is 0.480. The molecule has 1 saturated carbocycles. The quantitative estimate of drug-likeness (QED) is 0.443. The summed E-state index contributed by atoms with van der Waals surface area (Å²) in [6.45, 7) is 1.35. The zero-order chi connectivity index (χ0) is 26.6. The largest absolute Gasteiger partial charge is 0.487 e. The first-order valence-electron chi connectivity index (χ1n) is 12.1. The van der Waals surface area contributed by atoms with Crippen molar-refractivity contribution >= 4 is 11.8 Å². The fourth-order valence-corrected chi connectivity index (χ4v) is 5.57. The third-order valence-electron chi connectivity index (χ3n) is 7.36. The van der Waals surface area contributed by atoms with E-state index in [0.29, 0.717) is 25.0 Å². The van der Waals surface area contributed by atoms with E-state index in [-0.39, 0.29) is 31.7 Å². The minimum Gasteiger partial charge on any atom is -0.487 e. The molecule has 12 heteroatoms. The van der Waals surface area contributed by atoms with Gasteiger partial charge in [-0.05, 0) is 18.8 Å². The lowest BCUT2D eigenvalue weighted by Gasteiger charge is -2.43. The van der Waals surface area contributed by atoms with Gasteiger partial charge in [-0.15, -0.1) is 0 Å². The molecule has 37 heavy (non-hydrogen) atoms. The number of pyridine rings is 1. The number of hydrogen-bond acceptors (Lipinski definition) is 4. The minimum atomic E-state index is -3.02.